The van der Waals surface area contributed by atoms with Crippen LogP contribution >= 0.6 is 0 Å². The van der Waals surface area contributed by atoms with Crippen LogP contribution < -0.4 is 9.47 Å². The largest absolute Gasteiger partial charge is 0.494 e. The van der Waals surface area contributed by atoms with Crippen molar-refractivity contribution in [3.05, 3.63) is 59.7 Å². The van der Waals surface area contributed by atoms with E-state index in [9.17, 15) is 9.59 Å². The maximum Gasteiger partial charge on any atom is 0.343 e. The lowest BCUT2D eigenvalue weighted by molar-refractivity contribution is 0.0211. The lowest BCUT2D eigenvalue weighted by Gasteiger charge is -2.21. The molecule has 1 fully saturated rings. The topological polar surface area (TPSA) is 61.8 Å². The summed E-state index contributed by atoms with van der Waals surface area (Å²) in [6.07, 6.45) is 9.93. The smallest absolute Gasteiger partial charge is 0.343 e. The van der Waals surface area contributed by atoms with Crippen LogP contribution in [0.1, 0.15) is 85.4 Å². The quantitative estimate of drug-likeness (QED) is 0.252. The standard InChI is InChI=1S/C26H32O5/c1-2-3-4-8-19-29-22-15-11-20(12-16-22)26(28)31-24-17-13-21(14-18-24)25(27)30-23-9-6-5-7-10-23/h11-18,23H,2-10,19H2,1H3. The molecule has 5 nitrogen and oxygen atoms in total. The first-order valence-corrected chi connectivity index (χ1v) is 11.4. The molecule has 1 aliphatic carbocycles. The lowest BCUT2D eigenvalue weighted by Crippen LogP contribution is -2.20. The van der Waals surface area contributed by atoms with Crippen LogP contribution in [0.5, 0.6) is 11.5 Å². The van der Waals surface area contributed by atoms with Gasteiger partial charge in [0.1, 0.15) is 17.6 Å². The molecule has 2 aromatic carbocycles. The van der Waals surface area contributed by atoms with Crippen molar-refractivity contribution >= 4 is 11.9 Å². The van der Waals surface area contributed by atoms with Gasteiger partial charge < -0.3 is 14.2 Å². The molecule has 0 amide bonds. The summed E-state index contributed by atoms with van der Waals surface area (Å²) < 4.78 is 16.7. The van der Waals surface area contributed by atoms with E-state index in [1.54, 1.807) is 48.5 Å². The number of hydrogen-bond donors (Lipinski definition) is 0. The zero-order valence-electron chi connectivity index (χ0n) is 18.3. The van der Waals surface area contributed by atoms with Gasteiger partial charge in [-0.15, -0.1) is 0 Å². The van der Waals surface area contributed by atoms with E-state index in [1.807, 2.05) is 0 Å². The van der Waals surface area contributed by atoms with Crippen molar-refractivity contribution in [2.75, 3.05) is 6.61 Å². The third-order valence-corrected chi connectivity index (χ3v) is 5.48. The van der Waals surface area contributed by atoms with E-state index in [0.717, 1.165) is 44.3 Å². The Morgan fingerprint density at radius 1 is 0.774 bits per heavy atom. The Morgan fingerprint density at radius 3 is 2.03 bits per heavy atom. The first kappa shape index (κ1) is 22.9. The van der Waals surface area contributed by atoms with E-state index in [1.165, 1.54) is 19.3 Å². The van der Waals surface area contributed by atoms with Gasteiger partial charge in [-0.25, -0.2) is 9.59 Å². The first-order chi connectivity index (χ1) is 15.2. The fraction of sp³-hybridized carbons (Fsp3) is 0.462. The highest BCUT2D eigenvalue weighted by molar-refractivity contribution is 5.92. The summed E-state index contributed by atoms with van der Waals surface area (Å²) in [6, 6.07) is 13.4. The van der Waals surface area contributed by atoms with E-state index in [4.69, 9.17) is 14.2 Å². The summed E-state index contributed by atoms with van der Waals surface area (Å²) >= 11 is 0. The Kier molecular flexibility index (Phi) is 8.95. The highest BCUT2D eigenvalue weighted by Crippen LogP contribution is 2.22. The molecule has 0 saturated heterocycles. The van der Waals surface area contributed by atoms with Crippen molar-refractivity contribution in [1.29, 1.82) is 0 Å². The minimum atomic E-state index is -0.452. The monoisotopic (exact) mass is 424 g/mol. The third-order valence-electron chi connectivity index (χ3n) is 5.48. The summed E-state index contributed by atoms with van der Waals surface area (Å²) in [4.78, 5) is 24.7. The normalized spacial score (nSPS) is 14.1. The average molecular weight is 425 g/mol. The van der Waals surface area contributed by atoms with Gasteiger partial charge in [0.15, 0.2) is 0 Å². The summed E-state index contributed by atoms with van der Waals surface area (Å²) in [5.74, 6) is 0.353. The molecular weight excluding hydrogens is 392 g/mol. The van der Waals surface area contributed by atoms with Gasteiger partial charge in [0.2, 0.25) is 0 Å². The molecule has 0 N–H and O–H groups in total. The van der Waals surface area contributed by atoms with Crippen molar-refractivity contribution in [2.24, 2.45) is 0 Å². The predicted octanol–water partition coefficient (Wildman–Crippen LogP) is 6.35. The molecule has 31 heavy (non-hydrogen) atoms. The van der Waals surface area contributed by atoms with E-state index >= 15 is 0 Å². The molecule has 166 valence electrons. The molecule has 0 unspecified atom stereocenters. The number of carbonyl (C=O) groups is 2. The summed E-state index contributed by atoms with van der Waals surface area (Å²) in [5.41, 5.74) is 0.907. The minimum absolute atomic E-state index is 0.0158. The van der Waals surface area contributed by atoms with Crippen molar-refractivity contribution in [3.63, 3.8) is 0 Å². The molecule has 0 aromatic heterocycles. The Morgan fingerprint density at radius 2 is 1.39 bits per heavy atom. The average Bonchev–Trinajstić information content (AvgIpc) is 2.80. The first-order valence-electron chi connectivity index (χ1n) is 11.4. The van der Waals surface area contributed by atoms with Gasteiger partial charge in [-0.3, -0.25) is 0 Å². The molecule has 0 radical (unpaired) electrons. The molecule has 0 spiro atoms. The van der Waals surface area contributed by atoms with Crippen molar-refractivity contribution < 1.29 is 23.8 Å². The lowest BCUT2D eigenvalue weighted by atomic mass is 9.98. The van der Waals surface area contributed by atoms with E-state index in [0.29, 0.717) is 23.5 Å². The zero-order chi connectivity index (χ0) is 21.9. The summed E-state index contributed by atoms with van der Waals surface area (Å²) in [5, 5.41) is 0. The second-order valence-corrected chi connectivity index (χ2v) is 8.01. The number of esters is 2. The van der Waals surface area contributed by atoms with E-state index in [-0.39, 0.29) is 12.1 Å². The molecule has 0 atom stereocenters. The number of unbranched alkanes of at least 4 members (excludes halogenated alkanes) is 3. The number of rotatable bonds is 10. The van der Waals surface area contributed by atoms with E-state index in [2.05, 4.69) is 6.92 Å². The highest BCUT2D eigenvalue weighted by Gasteiger charge is 2.19. The van der Waals surface area contributed by atoms with Crippen molar-refractivity contribution in [3.8, 4) is 11.5 Å². The van der Waals surface area contributed by atoms with Gasteiger partial charge in [-0.1, -0.05) is 32.6 Å². The van der Waals surface area contributed by atoms with Gasteiger partial charge in [0.25, 0.3) is 0 Å². The van der Waals surface area contributed by atoms with Crippen molar-refractivity contribution in [2.45, 2.75) is 70.8 Å². The Bertz CT molecular complexity index is 820. The molecule has 3 rings (SSSR count). The van der Waals surface area contributed by atoms with Crippen LogP contribution in [0, 0.1) is 0 Å². The third kappa shape index (κ3) is 7.42. The van der Waals surface area contributed by atoms with Crippen LogP contribution in [-0.2, 0) is 4.74 Å². The van der Waals surface area contributed by atoms with Crippen LogP contribution in [0.4, 0.5) is 0 Å². The number of benzene rings is 2. The number of ether oxygens (including phenoxy) is 3. The maximum absolute atomic E-state index is 12.4. The molecule has 0 aliphatic heterocycles. The van der Waals surface area contributed by atoms with Gasteiger partial charge in [-0.2, -0.15) is 0 Å². The molecular formula is C26H32O5. The van der Waals surface area contributed by atoms with Gasteiger partial charge >= 0.3 is 11.9 Å². The second-order valence-electron chi connectivity index (χ2n) is 8.01. The molecule has 0 heterocycles. The Labute approximate surface area is 184 Å². The molecule has 2 aromatic rings. The molecule has 0 bridgehead atoms. The van der Waals surface area contributed by atoms with Crippen LogP contribution in [0.2, 0.25) is 0 Å². The van der Waals surface area contributed by atoms with Crippen molar-refractivity contribution in [1.82, 2.24) is 0 Å². The Balaban J connectivity index is 1.46. The number of hydrogen-bond acceptors (Lipinski definition) is 5. The second kappa shape index (κ2) is 12.1. The highest BCUT2D eigenvalue weighted by atomic mass is 16.5. The molecule has 1 aliphatic rings. The van der Waals surface area contributed by atoms with Gasteiger partial charge in [0, 0.05) is 0 Å². The number of carbonyl (C=O) groups excluding carboxylic acids is 2. The van der Waals surface area contributed by atoms with Crippen LogP contribution in [0.25, 0.3) is 0 Å². The van der Waals surface area contributed by atoms with Gasteiger partial charge in [0.05, 0.1) is 17.7 Å². The molecule has 5 heteroatoms. The maximum atomic E-state index is 12.4. The minimum Gasteiger partial charge on any atom is -0.494 e. The van der Waals surface area contributed by atoms with Crippen LogP contribution in [0.15, 0.2) is 48.5 Å². The summed E-state index contributed by atoms with van der Waals surface area (Å²) in [7, 11) is 0. The zero-order valence-corrected chi connectivity index (χ0v) is 18.3. The fourth-order valence-corrected chi connectivity index (χ4v) is 3.63. The molecule has 1 saturated carbocycles. The van der Waals surface area contributed by atoms with Gasteiger partial charge in [-0.05, 0) is 80.6 Å². The van der Waals surface area contributed by atoms with Crippen LogP contribution in [-0.4, -0.2) is 24.6 Å². The van der Waals surface area contributed by atoms with E-state index < -0.39 is 5.97 Å². The fourth-order valence-electron chi connectivity index (χ4n) is 3.63. The SMILES string of the molecule is CCCCCCOc1ccc(C(=O)Oc2ccc(C(=O)OC3CCCCC3)cc2)cc1. The van der Waals surface area contributed by atoms with Crippen LogP contribution in [0.3, 0.4) is 0 Å². The Hall–Kier alpha value is -2.82. The predicted molar refractivity (Wildman–Crippen MR) is 120 cm³/mol. The summed E-state index contributed by atoms with van der Waals surface area (Å²) in [6.45, 7) is 2.86.